The number of imidazole rings is 1. The first-order valence-corrected chi connectivity index (χ1v) is 10.7. The Hall–Kier alpha value is -3.92. The summed E-state index contributed by atoms with van der Waals surface area (Å²) in [6.45, 7) is 0. The molecule has 3 N–H and O–H groups in total. The van der Waals surface area contributed by atoms with Crippen LogP contribution in [0, 0.1) is 5.92 Å². The molecule has 1 aliphatic rings. The summed E-state index contributed by atoms with van der Waals surface area (Å²) in [5, 5.41) is 7.17. The molecule has 0 radical (unpaired) electrons. The first-order chi connectivity index (χ1) is 16.0. The molecule has 0 atom stereocenters. The van der Waals surface area contributed by atoms with Gasteiger partial charge in [0.25, 0.3) is 5.91 Å². The van der Waals surface area contributed by atoms with Gasteiger partial charge in [-0.1, -0.05) is 17.7 Å². The lowest BCUT2D eigenvalue weighted by Crippen LogP contribution is -2.27. The van der Waals surface area contributed by atoms with E-state index in [0.717, 1.165) is 18.4 Å². The van der Waals surface area contributed by atoms with Gasteiger partial charge in [0.2, 0.25) is 5.95 Å². The number of nitrogens with two attached hydrogens (primary N) is 1. The molecule has 1 saturated carbocycles. The molecular weight excluding hydrogens is 444 g/mol. The Kier molecular flexibility index (Phi) is 5.21. The summed E-state index contributed by atoms with van der Waals surface area (Å²) in [4.78, 5) is 25.6. The predicted molar refractivity (Wildman–Crippen MR) is 125 cm³/mol. The van der Waals surface area contributed by atoms with Crippen LogP contribution < -0.4 is 15.8 Å². The number of nitrogens with one attached hydrogen (secondary N) is 1. The molecule has 1 aliphatic carbocycles. The summed E-state index contributed by atoms with van der Waals surface area (Å²) in [6, 6.07) is 5.66. The average molecular weight is 465 g/mol. The van der Waals surface area contributed by atoms with Gasteiger partial charge in [-0.2, -0.15) is 10.1 Å². The number of aryl methyl sites for hydroxylation is 1. The summed E-state index contributed by atoms with van der Waals surface area (Å²) in [7, 11) is 3.28. The Balaban J connectivity index is 1.55. The van der Waals surface area contributed by atoms with Gasteiger partial charge in [0.15, 0.2) is 17.1 Å². The number of hydrogen-bond acceptors (Lipinski definition) is 7. The number of rotatable bonds is 6. The molecule has 1 fully saturated rings. The van der Waals surface area contributed by atoms with Crippen LogP contribution in [0.5, 0.6) is 11.5 Å². The molecule has 0 spiro atoms. The Morgan fingerprint density at radius 3 is 2.91 bits per heavy atom. The molecular formula is C22H21ClN8O2. The monoisotopic (exact) mass is 464 g/mol. The minimum Gasteiger partial charge on any atom is -0.450 e. The maximum absolute atomic E-state index is 12.4. The highest BCUT2D eigenvalue weighted by molar-refractivity contribution is 6.43. The highest BCUT2D eigenvalue weighted by atomic mass is 35.5. The fourth-order valence-electron chi connectivity index (χ4n) is 3.46. The minimum atomic E-state index is -0.359. The van der Waals surface area contributed by atoms with Crippen molar-refractivity contribution in [2.24, 2.45) is 23.7 Å². The summed E-state index contributed by atoms with van der Waals surface area (Å²) < 4.78 is 9.38. The van der Waals surface area contributed by atoms with Crippen LogP contribution in [0.3, 0.4) is 0 Å². The SMILES string of the molecule is CNC(=O)C(C=C(N)C1CC1)=Nc1nc2ncc(Oc3cnn4ccccc34)c(Cl)c2n1C. The summed E-state index contributed by atoms with van der Waals surface area (Å²) in [6.07, 6.45) is 8.58. The number of amides is 1. The van der Waals surface area contributed by atoms with Gasteiger partial charge in [-0.3, -0.25) is 4.79 Å². The lowest BCUT2D eigenvalue weighted by atomic mass is 10.2. The minimum absolute atomic E-state index is 0.166. The maximum Gasteiger partial charge on any atom is 0.269 e. The Morgan fingerprint density at radius 2 is 2.15 bits per heavy atom. The van der Waals surface area contributed by atoms with Gasteiger partial charge < -0.3 is 20.4 Å². The molecule has 1 amide bonds. The molecule has 33 heavy (non-hydrogen) atoms. The molecule has 0 unspecified atom stereocenters. The van der Waals surface area contributed by atoms with Crippen molar-refractivity contribution in [3.8, 4) is 11.5 Å². The molecule has 0 saturated heterocycles. The van der Waals surface area contributed by atoms with E-state index in [1.54, 1.807) is 28.4 Å². The van der Waals surface area contributed by atoms with Crippen LogP contribution in [0.2, 0.25) is 5.02 Å². The lowest BCUT2D eigenvalue weighted by molar-refractivity contribution is -0.114. The molecule has 5 rings (SSSR count). The predicted octanol–water partition coefficient (Wildman–Crippen LogP) is 3.13. The van der Waals surface area contributed by atoms with Crippen molar-refractivity contribution in [2.45, 2.75) is 12.8 Å². The van der Waals surface area contributed by atoms with Crippen LogP contribution in [0.15, 0.2) is 53.6 Å². The van der Waals surface area contributed by atoms with E-state index in [1.807, 2.05) is 24.4 Å². The number of hydrogen-bond donors (Lipinski definition) is 2. The third-order valence-electron chi connectivity index (χ3n) is 5.42. The third-order valence-corrected chi connectivity index (χ3v) is 5.79. The normalized spacial score (nSPS) is 14.8. The Labute approximate surface area is 193 Å². The smallest absolute Gasteiger partial charge is 0.269 e. The zero-order valence-corrected chi connectivity index (χ0v) is 18.7. The Bertz CT molecular complexity index is 1450. The summed E-state index contributed by atoms with van der Waals surface area (Å²) in [5.41, 5.74) is 8.60. The number of carbonyl (C=O) groups is 1. The average Bonchev–Trinajstić information content (AvgIpc) is 3.53. The number of fused-ring (bicyclic) bond motifs is 2. The van der Waals surface area contributed by atoms with Crippen LogP contribution in [-0.4, -0.2) is 42.8 Å². The summed E-state index contributed by atoms with van der Waals surface area (Å²) in [5.74, 6) is 1.11. The van der Waals surface area contributed by atoms with Gasteiger partial charge in [0.05, 0.1) is 12.4 Å². The molecule has 11 heteroatoms. The third kappa shape index (κ3) is 3.89. The lowest BCUT2D eigenvalue weighted by Gasteiger charge is -2.07. The van der Waals surface area contributed by atoms with Crippen LogP contribution in [0.4, 0.5) is 5.95 Å². The first-order valence-electron chi connectivity index (χ1n) is 10.3. The number of pyridine rings is 2. The number of carbonyl (C=O) groups excluding carboxylic acids is 1. The number of aliphatic imine (C=N–C) groups is 1. The quantitative estimate of drug-likeness (QED) is 0.422. The fourth-order valence-corrected chi connectivity index (χ4v) is 3.76. The molecule has 168 valence electrons. The largest absolute Gasteiger partial charge is 0.450 e. The second-order valence-corrected chi connectivity index (χ2v) is 8.09. The van der Waals surface area contributed by atoms with Crippen molar-refractivity contribution in [3.05, 3.63) is 53.6 Å². The second-order valence-electron chi connectivity index (χ2n) is 7.72. The number of halogens is 1. The second kappa shape index (κ2) is 8.21. The van der Waals surface area contributed by atoms with Crippen LogP contribution in [0.25, 0.3) is 16.7 Å². The number of allylic oxidation sites excluding steroid dienone is 1. The van der Waals surface area contributed by atoms with Crippen molar-refractivity contribution >= 4 is 45.8 Å². The van der Waals surface area contributed by atoms with Crippen LogP contribution in [0.1, 0.15) is 12.8 Å². The van der Waals surface area contributed by atoms with E-state index in [2.05, 4.69) is 25.4 Å². The molecule has 10 nitrogen and oxygen atoms in total. The molecule has 4 aromatic rings. The van der Waals surface area contributed by atoms with Gasteiger partial charge >= 0.3 is 0 Å². The maximum atomic E-state index is 12.4. The van der Waals surface area contributed by atoms with Crippen molar-refractivity contribution in [1.82, 2.24) is 29.5 Å². The van der Waals surface area contributed by atoms with Gasteiger partial charge in [0.1, 0.15) is 21.8 Å². The first kappa shape index (κ1) is 21.0. The summed E-state index contributed by atoms with van der Waals surface area (Å²) >= 11 is 6.68. The molecule has 4 aromatic heterocycles. The number of ether oxygens (including phenoxy) is 1. The van der Waals surface area contributed by atoms with Crippen molar-refractivity contribution < 1.29 is 9.53 Å². The van der Waals surface area contributed by atoms with Gasteiger partial charge in [-0.15, -0.1) is 0 Å². The van der Waals surface area contributed by atoms with E-state index in [4.69, 9.17) is 22.1 Å². The topological polar surface area (TPSA) is 125 Å². The number of aromatic nitrogens is 5. The van der Waals surface area contributed by atoms with E-state index in [-0.39, 0.29) is 17.6 Å². The van der Waals surface area contributed by atoms with Gasteiger partial charge in [0, 0.05) is 26.0 Å². The number of nitrogens with zero attached hydrogens (tertiary/aromatic N) is 6. The fraction of sp³-hybridized carbons (Fsp3) is 0.227. The zero-order chi connectivity index (χ0) is 23.1. The zero-order valence-electron chi connectivity index (χ0n) is 18.0. The van der Waals surface area contributed by atoms with Crippen LogP contribution >= 0.6 is 11.6 Å². The standard InChI is InChI=1S/C22H21ClN8O2/c1-25-21(32)14(9-13(24)12-6-7-12)28-22-29-20-19(30(22)2)18(23)17(10-26-20)33-16-11-27-31-8-4-3-5-15(16)31/h3-5,8-12H,6-7,24H2,1-2H3,(H,25,32). The highest BCUT2D eigenvalue weighted by Crippen LogP contribution is 2.37. The van der Waals surface area contributed by atoms with Crippen molar-refractivity contribution in [1.29, 1.82) is 0 Å². The van der Waals surface area contributed by atoms with Gasteiger partial charge in [-0.05, 0) is 37.0 Å². The molecule has 4 heterocycles. The van der Waals surface area contributed by atoms with E-state index < -0.39 is 0 Å². The molecule has 0 aliphatic heterocycles. The van der Waals surface area contributed by atoms with E-state index in [1.165, 1.54) is 13.2 Å². The van der Waals surface area contributed by atoms with Crippen LogP contribution in [-0.2, 0) is 11.8 Å². The van der Waals surface area contributed by atoms with Crippen molar-refractivity contribution in [2.75, 3.05) is 7.05 Å². The van der Waals surface area contributed by atoms with E-state index in [0.29, 0.717) is 39.3 Å². The van der Waals surface area contributed by atoms with Crippen molar-refractivity contribution in [3.63, 3.8) is 0 Å². The molecule has 0 bridgehead atoms. The Morgan fingerprint density at radius 1 is 1.33 bits per heavy atom. The molecule has 0 aromatic carbocycles. The van der Waals surface area contributed by atoms with E-state index in [9.17, 15) is 4.79 Å². The van der Waals surface area contributed by atoms with Gasteiger partial charge in [-0.25, -0.2) is 14.5 Å². The highest BCUT2D eigenvalue weighted by Gasteiger charge is 2.25. The van der Waals surface area contributed by atoms with E-state index >= 15 is 0 Å².